The maximum atomic E-state index is 11.9. The van der Waals surface area contributed by atoms with Crippen molar-refractivity contribution in [1.29, 1.82) is 0 Å². The van der Waals surface area contributed by atoms with E-state index in [1.165, 1.54) is 22.0 Å². The van der Waals surface area contributed by atoms with Crippen molar-refractivity contribution in [3.63, 3.8) is 0 Å². The van der Waals surface area contributed by atoms with Crippen LogP contribution in [0.5, 0.6) is 0 Å². The number of rotatable bonds is 0. The molecule has 84 valence electrons. The lowest BCUT2D eigenvalue weighted by atomic mass is 10.1. The van der Waals surface area contributed by atoms with Gasteiger partial charge in [0.25, 0.3) is 0 Å². The normalized spacial score (nSPS) is 14.6. The smallest absolute Gasteiger partial charge is 0.305 e. The van der Waals surface area contributed by atoms with Crippen molar-refractivity contribution < 1.29 is 0 Å². The summed E-state index contributed by atoms with van der Waals surface area (Å²) < 4.78 is 1.31. The Bertz CT molecular complexity index is 799. The fourth-order valence-electron chi connectivity index (χ4n) is 2.73. The third-order valence-corrected chi connectivity index (χ3v) is 3.50. The van der Waals surface area contributed by atoms with E-state index in [4.69, 9.17) is 0 Å². The van der Waals surface area contributed by atoms with E-state index >= 15 is 0 Å². The molecule has 0 saturated carbocycles. The predicted octanol–water partition coefficient (Wildman–Crippen LogP) is 1.06. The molecular formula is C12H10N4O. The molecule has 3 aromatic rings. The lowest BCUT2D eigenvalue weighted by Crippen LogP contribution is -2.18. The topological polar surface area (TPSA) is 63.0 Å². The predicted molar refractivity (Wildman–Crippen MR) is 63.1 cm³/mol. The summed E-state index contributed by atoms with van der Waals surface area (Å²) in [6.07, 6.45) is 4.71. The first-order valence-corrected chi connectivity index (χ1v) is 5.71. The zero-order valence-corrected chi connectivity index (χ0v) is 9.10. The molecule has 0 bridgehead atoms. The van der Waals surface area contributed by atoms with Gasteiger partial charge in [0.05, 0.1) is 5.52 Å². The molecule has 1 aliphatic carbocycles. The van der Waals surface area contributed by atoms with Gasteiger partial charge < -0.3 is 4.98 Å². The average Bonchev–Trinajstić information content (AvgIpc) is 2.97. The number of benzene rings is 1. The number of aryl methyl sites for hydroxylation is 2. The van der Waals surface area contributed by atoms with Crippen LogP contribution in [0.1, 0.15) is 17.5 Å². The summed E-state index contributed by atoms with van der Waals surface area (Å²) in [5.74, 6) is 0. The first-order valence-electron chi connectivity index (χ1n) is 5.71. The standard InChI is InChI=1S/C12H10N4O/c17-12-15-10-8-3-1-2-7(8)4-5-9(10)11-13-6-14-16(11)12/h4-6H,1-3H2,(H,15,17). The number of fused-ring (bicyclic) bond motifs is 5. The molecule has 0 atom stereocenters. The average molecular weight is 226 g/mol. The van der Waals surface area contributed by atoms with Crippen molar-refractivity contribution >= 4 is 16.6 Å². The highest BCUT2D eigenvalue weighted by molar-refractivity contribution is 5.93. The molecule has 5 heteroatoms. The SMILES string of the molecule is O=c1[nH]c2c3c(ccc2c2ncnn12)CCC3. The van der Waals surface area contributed by atoms with Crippen LogP contribution < -0.4 is 5.69 Å². The van der Waals surface area contributed by atoms with Crippen LogP contribution in [0, 0.1) is 0 Å². The Kier molecular flexibility index (Phi) is 1.54. The van der Waals surface area contributed by atoms with E-state index in [1.54, 1.807) is 0 Å². The van der Waals surface area contributed by atoms with E-state index < -0.39 is 0 Å². The van der Waals surface area contributed by atoms with Crippen LogP contribution in [0.4, 0.5) is 0 Å². The van der Waals surface area contributed by atoms with Crippen molar-refractivity contribution in [2.24, 2.45) is 0 Å². The third-order valence-electron chi connectivity index (χ3n) is 3.50. The van der Waals surface area contributed by atoms with E-state index in [0.29, 0.717) is 5.65 Å². The van der Waals surface area contributed by atoms with Crippen molar-refractivity contribution in [3.8, 4) is 0 Å². The Morgan fingerprint density at radius 3 is 3.18 bits per heavy atom. The highest BCUT2D eigenvalue weighted by Gasteiger charge is 2.16. The van der Waals surface area contributed by atoms with Crippen molar-refractivity contribution in [3.05, 3.63) is 40.1 Å². The molecule has 1 N–H and O–H groups in total. The minimum Gasteiger partial charge on any atom is -0.305 e. The lowest BCUT2D eigenvalue weighted by molar-refractivity contribution is 0.878. The number of aromatic nitrogens is 4. The summed E-state index contributed by atoms with van der Waals surface area (Å²) in [5, 5.41) is 4.90. The molecule has 0 radical (unpaired) electrons. The van der Waals surface area contributed by atoms with E-state index in [2.05, 4.69) is 21.1 Å². The summed E-state index contributed by atoms with van der Waals surface area (Å²) in [6.45, 7) is 0. The van der Waals surface area contributed by atoms with Gasteiger partial charge in [-0.3, -0.25) is 0 Å². The minimum absolute atomic E-state index is 0.217. The quantitative estimate of drug-likeness (QED) is 0.623. The Morgan fingerprint density at radius 2 is 2.24 bits per heavy atom. The molecule has 2 heterocycles. The third kappa shape index (κ3) is 1.06. The summed E-state index contributed by atoms with van der Waals surface area (Å²) in [6, 6.07) is 4.16. The minimum atomic E-state index is -0.217. The van der Waals surface area contributed by atoms with E-state index in [1.807, 2.05) is 6.07 Å². The molecule has 0 amide bonds. The Balaban J connectivity index is 2.30. The monoisotopic (exact) mass is 226 g/mol. The summed E-state index contributed by atoms with van der Waals surface area (Å²) in [7, 11) is 0. The van der Waals surface area contributed by atoms with Crippen LogP contribution in [-0.2, 0) is 12.8 Å². The summed E-state index contributed by atoms with van der Waals surface area (Å²) in [4.78, 5) is 18.9. The first kappa shape index (κ1) is 8.92. The van der Waals surface area contributed by atoms with Gasteiger partial charge in [-0.2, -0.15) is 9.61 Å². The van der Waals surface area contributed by atoms with Gasteiger partial charge in [-0.15, -0.1) is 0 Å². The Labute approximate surface area is 96.1 Å². The van der Waals surface area contributed by atoms with Crippen LogP contribution in [0.15, 0.2) is 23.3 Å². The molecule has 0 unspecified atom stereocenters. The highest BCUT2D eigenvalue weighted by atomic mass is 16.1. The molecule has 1 aromatic carbocycles. The van der Waals surface area contributed by atoms with Gasteiger partial charge in [-0.25, -0.2) is 9.78 Å². The van der Waals surface area contributed by atoms with Crippen LogP contribution in [0.3, 0.4) is 0 Å². The Hall–Kier alpha value is -2.17. The van der Waals surface area contributed by atoms with Gasteiger partial charge in [0.1, 0.15) is 6.33 Å². The zero-order valence-electron chi connectivity index (χ0n) is 9.10. The molecule has 4 rings (SSSR count). The van der Waals surface area contributed by atoms with E-state index in [9.17, 15) is 4.79 Å². The largest absolute Gasteiger partial charge is 0.348 e. The molecule has 0 fully saturated rings. The fraction of sp³-hybridized carbons (Fsp3) is 0.250. The molecule has 0 spiro atoms. The maximum absolute atomic E-state index is 11.9. The number of aromatic amines is 1. The first-order chi connectivity index (χ1) is 8.34. The molecule has 1 aliphatic rings. The second-order valence-corrected chi connectivity index (χ2v) is 4.40. The number of H-pyrrole nitrogens is 1. The zero-order chi connectivity index (χ0) is 11.4. The number of hydrogen-bond donors (Lipinski definition) is 1. The van der Waals surface area contributed by atoms with E-state index in [0.717, 1.165) is 30.2 Å². The maximum Gasteiger partial charge on any atom is 0.348 e. The van der Waals surface area contributed by atoms with Gasteiger partial charge >= 0.3 is 5.69 Å². The number of hydrogen-bond acceptors (Lipinski definition) is 3. The highest BCUT2D eigenvalue weighted by Crippen LogP contribution is 2.28. The molecule has 5 nitrogen and oxygen atoms in total. The van der Waals surface area contributed by atoms with Crippen molar-refractivity contribution in [2.45, 2.75) is 19.3 Å². The molecule has 0 saturated heterocycles. The van der Waals surface area contributed by atoms with Crippen molar-refractivity contribution in [2.75, 3.05) is 0 Å². The fourth-order valence-corrected chi connectivity index (χ4v) is 2.73. The summed E-state index contributed by atoms with van der Waals surface area (Å²) >= 11 is 0. The lowest BCUT2D eigenvalue weighted by Gasteiger charge is -2.05. The van der Waals surface area contributed by atoms with Gasteiger partial charge in [-0.05, 0) is 36.5 Å². The van der Waals surface area contributed by atoms with Gasteiger partial charge in [0.2, 0.25) is 0 Å². The van der Waals surface area contributed by atoms with E-state index in [-0.39, 0.29) is 5.69 Å². The van der Waals surface area contributed by atoms with Gasteiger partial charge in [0, 0.05) is 5.39 Å². The molecule has 0 aliphatic heterocycles. The van der Waals surface area contributed by atoms with Crippen LogP contribution >= 0.6 is 0 Å². The van der Waals surface area contributed by atoms with Crippen LogP contribution in [0.25, 0.3) is 16.6 Å². The van der Waals surface area contributed by atoms with Crippen LogP contribution in [-0.4, -0.2) is 19.6 Å². The van der Waals surface area contributed by atoms with Gasteiger partial charge in [-0.1, -0.05) is 6.07 Å². The molecule has 17 heavy (non-hydrogen) atoms. The second kappa shape index (κ2) is 2.94. The summed E-state index contributed by atoms with van der Waals surface area (Å²) in [5.41, 5.74) is 3.97. The molecule has 2 aromatic heterocycles. The Morgan fingerprint density at radius 1 is 1.29 bits per heavy atom. The van der Waals surface area contributed by atoms with Gasteiger partial charge in [0.15, 0.2) is 5.65 Å². The van der Waals surface area contributed by atoms with Crippen LogP contribution in [0.2, 0.25) is 0 Å². The number of nitrogens with zero attached hydrogens (tertiary/aromatic N) is 3. The second-order valence-electron chi connectivity index (χ2n) is 4.40. The number of nitrogens with one attached hydrogen (secondary N) is 1. The van der Waals surface area contributed by atoms with Crippen molar-refractivity contribution in [1.82, 2.24) is 19.6 Å². The molecular weight excluding hydrogens is 216 g/mol.